The van der Waals surface area contributed by atoms with Gasteiger partial charge in [-0.3, -0.25) is 9.36 Å². The average molecular weight is 351 g/mol. The number of nitrogens with zero attached hydrogens (tertiary/aromatic N) is 4. The maximum Gasteiger partial charge on any atom is 0.238 e. The third kappa shape index (κ3) is 4.05. The number of hydrogen-bond acceptors (Lipinski definition) is 5. The molecule has 0 fully saturated rings. The van der Waals surface area contributed by atoms with E-state index in [2.05, 4.69) is 20.5 Å². The summed E-state index contributed by atoms with van der Waals surface area (Å²) in [5, 5.41) is 11.1. The smallest absolute Gasteiger partial charge is 0.238 e. The molecule has 3 rings (SSSR count). The standard InChI is InChI=1S/C19H21N5O2/c1-13-20-11-12-24(13)16-9-10-17(23-22-16)26-15-7-5-14(6-8-15)21-18(25)19(2,3)4/h5-12H,1-4H3,(H,21,25). The first-order valence-corrected chi connectivity index (χ1v) is 8.26. The highest BCUT2D eigenvalue weighted by Crippen LogP contribution is 2.23. The van der Waals surface area contributed by atoms with Gasteiger partial charge in [-0.1, -0.05) is 20.8 Å². The highest BCUT2D eigenvalue weighted by molar-refractivity contribution is 5.94. The zero-order valence-electron chi connectivity index (χ0n) is 15.2. The monoisotopic (exact) mass is 351 g/mol. The Kier molecular flexibility index (Phi) is 4.71. The Balaban J connectivity index is 1.66. The Labute approximate surface area is 152 Å². The van der Waals surface area contributed by atoms with Gasteiger partial charge in [-0.25, -0.2) is 4.98 Å². The van der Waals surface area contributed by atoms with Crippen LogP contribution >= 0.6 is 0 Å². The van der Waals surface area contributed by atoms with Crippen molar-refractivity contribution in [3.8, 4) is 17.4 Å². The van der Waals surface area contributed by atoms with Crippen LogP contribution in [-0.4, -0.2) is 25.7 Å². The van der Waals surface area contributed by atoms with Crippen molar-refractivity contribution >= 4 is 11.6 Å². The highest BCUT2D eigenvalue weighted by atomic mass is 16.5. The van der Waals surface area contributed by atoms with Crippen molar-refractivity contribution in [1.82, 2.24) is 19.7 Å². The van der Waals surface area contributed by atoms with Gasteiger partial charge in [-0.05, 0) is 37.3 Å². The van der Waals surface area contributed by atoms with E-state index in [9.17, 15) is 4.79 Å². The van der Waals surface area contributed by atoms with Gasteiger partial charge < -0.3 is 10.1 Å². The van der Waals surface area contributed by atoms with Crippen molar-refractivity contribution in [3.05, 3.63) is 54.6 Å². The van der Waals surface area contributed by atoms with Crippen molar-refractivity contribution < 1.29 is 9.53 Å². The van der Waals surface area contributed by atoms with Crippen LogP contribution < -0.4 is 10.1 Å². The van der Waals surface area contributed by atoms with Gasteiger partial charge in [0.1, 0.15) is 11.6 Å². The lowest BCUT2D eigenvalue weighted by Crippen LogP contribution is -2.27. The number of nitrogens with one attached hydrogen (secondary N) is 1. The minimum absolute atomic E-state index is 0.0394. The van der Waals surface area contributed by atoms with Gasteiger partial charge in [0.2, 0.25) is 11.8 Å². The zero-order chi connectivity index (χ0) is 18.7. The molecule has 0 aliphatic heterocycles. The fourth-order valence-electron chi connectivity index (χ4n) is 2.16. The number of carbonyl (C=O) groups excluding carboxylic acids is 1. The Morgan fingerprint density at radius 3 is 2.35 bits per heavy atom. The molecule has 7 heteroatoms. The van der Waals surface area contributed by atoms with E-state index >= 15 is 0 Å². The molecular weight excluding hydrogens is 330 g/mol. The summed E-state index contributed by atoms with van der Waals surface area (Å²) in [5.74, 6) is 2.47. The van der Waals surface area contributed by atoms with Crippen molar-refractivity contribution in [3.63, 3.8) is 0 Å². The van der Waals surface area contributed by atoms with Gasteiger partial charge in [0, 0.05) is 29.6 Å². The Bertz CT molecular complexity index is 893. The Morgan fingerprint density at radius 1 is 1.08 bits per heavy atom. The second-order valence-electron chi connectivity index (χ2n) is 6.90. The van der Waals surface area contributed by atoms with Crippen molar-refractivity contribution in [2.75, 3.05) is 5.32 Å². The van der Waals surface area contributed by atoms with Crippen LogP contribution in [0.1, 0.15) is 26.6 Å². The van der Waals surface area contributed by atoms with Crippen LogP contribution in [0.15, 0.2) is 48.8 Å². The summed E-state index contributed by atoms with van der Waals surface area (Å²) >= 11 is 0. The van der Waals surface area contributed by atoms with E-state index in [4.69, 9.17) is 4.74 Å². The molecule has 134 valence electrons. The highest BCUT2D eigenvalue weighted by Gasteiger charge is 2.21. The van der Waals surface area contributed by atoms with E-state index < -0.39 is 5.41 Å². The second kappa shape index (κ2) is 6.95. The number of ether oxygens (including phenoxy) is 1. The summed E-state index contributed by atoms with van der Waals surface area (Å²) in [6.07, 6.45) is 3.53. The second-order valence-corrected chi connectivity index (χ2v) is 6.90. The van der Waals surface area contributed by atoms with Gasteiger partial charge in [0.05, 0.1) is 0 Å². The van der Waals surface area contributed by atoms with E-state index in [0.29, 0.717) is 23.1 Å². The molecule has 0 atom stereocenters. The van der Waals surface area contributed by atoms with Gasteiger partial charge in [-0.15, -0.1) is 10.2 Å². The molecular formula is C19H21N5O2. The number of imidazole rings is 1. The number of rotatable bonds is 4. The molecule has 0 saturated heterocycles. The van der Waals surface area contributed by atoms with Gasteiger partial charge in [0.25, 0.3) is 0 Å². The lowest BCUT2D eigenvalue weighted by atomic mass is 9.95. The van der Waals surface area contributed by atoms with Crippen LogP contribution in [0.5, 0.6) is 11.6 Å². The van der Waals surface area contributed by atoms with Crippen LogP contribution in [0, 0.1) is 12.3 Å². The quantitative estimate of drug-likeness (QED) is 0.774. The molecule has 1 N–H and O–H groups in total. The molecule has 0 aliphatic carbocycles. The van der Waals surface area contributed by atoms with Crippen LogP contribution in [0.2, 0.25) is 0 Å². The van der Waals surface area contributed by atoms with E-state index in [1.807, 2.05) is 44.5 Å². The number of benzene rings is 1. The number of amides is 1. The minimum atomic E-state index is -0.444. The van der Waals surface area contributed by atoms with Crippen LogP contribution in [0.3, 0.4) is 0 Å². The zero-order valence-corrected chi connectivity index (χ0v) is 15.2. The maximum atomic E-state index is 12.0. The molecule has 0 radical (unpaired) electrons. The molecule has 1 aromatic carbocycles. The third-order valence-corrected chi connectivity index (χ3v) is 3.71. The predicted molar refractivity (Wildman–Crippen MR) is 98.5 cm³/mol. The molecule has 2 heterocycles. The summed E-state index contributed by atoms with van der Waals surface area (Å²) in [7, 11) is 0. The van der Waals surface area contributed by atoms with Crippen LogP contribution in [0.25, 0.3) is 5.82 Å². The Morgan fingerprint density at radius 2 is 1.81 bits per heavy atom. The van der Waals surface area contributed by atoms with E-state index in [0.717, 1.165) is 5.82 Å². The number of hydrogen-bond donors (Lipinski definition) is 1. The summed E-state index contributed by atoms with van der Waals surface area (Å²) < 4.78 is 7.53. The molecule has 3 aromatic rings. The molecule has 0 saturated carbocycles. The molecule has 0 bridgehead atoms. The predicted octanol–water partition coefficient (Wildman–Crippen LogP) is 3.75. The van der Waals surface area contributed by atoms with E-state index in [-0.39, 0.29) is 5.91 Å². The first-order valence-electron chi connectivity index (χ1n) is 8.26. The minimum Gasteiger partial charge on any atom is -0.438 e. The number of aryl methyl sites for hydroxylation is 1. The molecule has 2 aromatic heterocycles. The molecule has 26 heavy (non-hydrogen) atoms. The lowest BCUT2D eigenvalue weighted by Gasteiger charge is -2.17. The average Bonchev–Trinajstić information content (AvgIpc) is 3.02. The van der Waals surface area contributed by atoms with E-state index in [1.54, 1.807) is 36.5 Å². The van der Waals surface area contributed by atoms with Gasteiger partial charge in [0.15, 0.2) is 5.82 Å². The van der Waals surface area contributed by atoms with Gasteiger partial charge in [-0.2, -0.15) is 0 Å². The molecule has 0 unspecified atom stereocenters. The van der Waals surface area contributed by atoms with Crippen LogP contribution in [-0.2, 0) is 4.79 Å². The lowest BCUT2D eigenvalue weighted by molar-refractivity contribution is -0.123. The third-order valence-electron chi connectivity index (χ3n) is 3.71. The molecule has 7 nitrogen and oxygen atoms in total. The summed E-state index contributed by atoms with van der Waals surface area (Å²) in [6, 6.07) is 10.7. The first-order chi connectivity index (χ1) is 12.3. The SMILES string of the molecule is Cc1nccn1-c1ccc(Oc2ccc(NC(=O)C(C)(C)C)cc2)nn1. The van der Waals surface area contributed by atoms with Gasteiger partial charge >= 0.3 is 0 Å². The topological polar surface area (TPSA) is 81.9 Å². The fraction of sp³-hybridized carbons (Fsp3) is 0.263. The fourth-order valence-corrected chi connectivity index (χ4v) is 2.16. The number of aromatic nitrogens is 4. The van der Waals surface area contributed by atoms with Crippen molar-refractivity contribution in [2.24, 2.45) is 5.41 Å². The van der Waals surface area contributed by atoms with Crippen molar-refractivity contribution in [1.29, 1.82) is 0 Å². The first kappa shape index (κ1) is 17.6. The van der Waals surface area contributed by atoms with Crippen LogP contribution in [0.4, 0.5) is 5.69 Å². The summed E-state index contributed by atoms with van der Waals surface area (Å²) in [6.45, 7) is 7.50. The molecule has 1 amide bonds. The summed E-state index contributed by atoms with van der Waals surface area (Å²) in [4.78, 5) is 16.2. The normalized spacial score (nSPS) is 11.2. The number of carbonyl (C=O) groups is 1. The summed E-state index contributed by atoms with van der Waals surface area (Å²) in [5.41, 5.74) is 0.273. The van der Waals surface area contributed by atoms with E-state index in [1.165, 1.54) is 0 Å². The molecule has 0 spiro atoms. The molecule has 0 aliphatic rings. The largest absolute Gasteiger partial charge is 0.438 e. The maximum absolute atomic E-state index is 12.0. The Hall–Kier alpha value is -3.22. The van der Waals surface area contributed by atoms with Crippen molar-refractivity contribution in [2.45, 2.75) is 27.7 Å². The number of anilines is 1.